The van der Waals surface area contributed by atoms with Crippen molar-refractivity contribution in [1.82, 2.24) is 0 Å². The largest absolute Gasteiger partial charge is 0.453 e. The molecule has 0 heterocycles. The van der Waals surface area contributed by atoms with Crippen molar-refractivity contribution >= 4 is 17.6 Å². The SMILES string of the molecule is O=C(COC(=O)C1(O)CCCCC1)Nc1ccc(-c2ccccc2)cc1. The third-order valence-electron chi connectivity index (χ3n) is 4.67. The molecule has 2 aromatic rings. The second-order valence-corrected chi connectivity index (χ2v) is 6.66. The van der Waals surface area contributed by atoms with E-state index in [-0.39, 0.29) is 0 Å². The molecule has 0 unspecified atom stereocenters. The van der Waals surface area contributed by atoms with Crippen LogP contribution in [-0.2, 0) is 14.3 Å². The van der Waals surface area contributed by atoms with Crippen molar-refractivity contribution in [2.45, 2.75) is 37.7 Å². The summed E-state index contributed by atoms with van der Waals surface area (Å²) in [6.45, 7) is -0.401. The maximum atomic E-state index is 12.0. The van der Waals surface area contributed by atoms with E-state index in [1.165, 1.54) is 0 Å². The zero-order valence-corrected chi connectivity index (χ0v) is 14.6. The average molecular weight is 353 g/mol. The Labute approximate surface area is 153 Å². The molecule has 0 spiro atoms. The monoisotopic (exact) mass is 353 g/mol. The molecule has 0 saturated heterocycles. The smallest absolute Gasteiger partial charge is 0.338 e. The summed E-state index contributed by atoms with van der Waals surface area (Å²) in [7, 11) is 0. The molecule has 2 aromatic carbocycles. The fourth-order valence-electron chi connectivity index (χ4n) is 3.18. The van der Waals surface area contributed by atoms with Crippen LogP contribution in [-0.4, -0.2) is 29.2 Å². The van der Waals surface area contributed by atoms with Gasteiger partial charge in [0.25, 0.3) is 5.91 Å². The number of nitrogens with one attached hydrogen (secondary N) is 1. The minimum atomic E-state index is -1.43. The van der Waals surface area contributed by atoms with Crippen molar-refractivity contribution in [2.24, 2.45) is 0 Å². The highest BCUT2D eigenvalue weighted by molar-refractivity contribution is 5.93. The van der Waals surface area contributed by atoms with Crippen LogP contribution in [0.3, 0.4) is 0 Å². The molecule has 0 aliphatic heterocycles. The number of amides is 1. The Kier molecular flexibility index (Phi) is 5.68. The van der Waals surface area contributed by atoms with Gasteiger partial charge in [-0.15, -0.1) is 0 Å². The summed E-state index contributed by atoms with van der Waals surface area (Å²) >= 11 is 0. The molecule has 1 aliphatic rings. The molecule has 0 atom stereocenters. The van der Waals surface area contributed by atoms with Gasteiger partial charge in [-0.1, -0.05) is 48.9 Å². The Bertz CT molecular complexity index is 749. The van der Waals surface area contributed by atoms with Crippen LogP contribution in [0.2, 0.25) is 0 Å². The van der Waals surface area contributed by atoms with E-state index in [1.54, 1.807) is 12.1 Å². The predicted octanol–water partition coefficient (Wildman–Crippen LogP) is 3.53. The molecular formula is C21H23NO4. The van der Waals surface area contributed by atoms with Crippen LogP contribution in [0.4, 0.5) is 5.69 Å². The first-order chi connectivity index (χ1) is 12.6. The lowest BCUT2D eigenvalue weighted by molar-refractivity contribution is -0.170. The van der Waals surface area contributed by atoms with E-state index in [2.05, 4.69) is 5.32 Å². The molecule has 2 N–H and O–H groups in total. The average Bonchev–Trinajstić information content (AvgIpc) is 2.68. The quantitative estimate of drug-likeness (QED) is 0.806. The Morgan fingerprint density at radius 3 is 2.19 bits per heavy atom. The van der Waals surface area contributed by atoms with Gasteiger partial charge in [-0.05, 0) is 48.9 Å². The highest BCUT2D eigenvalue weighted by Crippen LogP contribution is 2.29. The Balaban J connectivity index is 1.51. The molecule has 26 heavy (non-hydrogen) atoms. The molecular weight excluding hydrogens is 330 g/mol. The number of benzene rings is 2. The Morgan fingerprint density at radius 2 is 1.54 bits per heavy atom. The number of anilines is 1. The lowest BCUT2D eigenvalue weighted by atomic mass is 9.85. The summed E-state index contributed by atoms with van der Waals surface area (Å²) in [6, 6.07) is 17.4. The van der Waals surface area contributed by atoms with Crippen LogP contribution < -0.4 is 5.32 Å². The summed E-state index contributed by atoms with van der Waals surface area (Å²) in [5.41, 5.74) is 1.34. The summed E-state index contributed by atoms with van der Waals surface area (Å²) in [4.78, 5) is 24.0. The number of rotatable bonds is 5. The number of hydrogen-bond acceptors (Lipinski definition) is 4. The molecule has 0 bridgehead atoms. The molecule has 3 rings (SSSR count). The minimum absolute atomic E-state index is 0.397. The van der Waals surface area contributed by atoms with Gasteiger partial charge >= 0.3 is 5.97 Å². The third-order valence-corrected chi connectivity index (χ3v) is 4.67. The third kappa shape index (κ3) is 4.49. The molecule has 1 fully saturated rings. The number of aliphatic hydroxyl groups is 1. The standard InChI is InChI=1S/C21H23NO4/c23-19(15-26-20(24)21(25)13-5-2-6-14-21)22-18-11-9-17(10-12-18)16-7-3-1-4-8-16/h1,3-4,7-12,25H,2,5-6,13-15H2,(H,22,23). The topological polar surface area (TPSA) is 75.6 Å². The van der Waals surface area contributed by atoms with Crippen LogP contribution in [0.5, 0.6) is 0 Å². The van der Waals surface area contributed by atoms with Crippen LogP contribution in [0.15, 0.2) is 54.6 Å². The summed E-state index contributed by atoms with van der Waals surface area (Å²) < 4.78 is 5.01. The van der Waals surface area contributed by atoms with Crippen molar-refractivity contribution in [3.05, 3.63) is 54.6 Å². The van der Waals surface area contributed by atoms with Gasteiger partial charge in [-0.2, -0.15) is 0 Å². The van der Waals surface area contributed by atoms with E-state index in [4.69, 9.17) is 4.74 Å². The van der Waals surface area contributed by atoms with Gasteiger partial charge in [0.2, 0.25) is 0 Å². The van der Waals surface area contributed by atoms with Gasteiger partial charge < -0.3 is 15.2 Å². The van der Waals surface area contributed by atoms with E-state index in [9.17, 15) is 14.7 Å². The van der Waals surface area contributed by atoms with Crippen LogP contribution in [0.1, 0.15) is 32.1 Å². The summed E-state index contributed by atoms with van der Waals surface area (Å²) in [6.07, 6.45) is 3.40. The van der Waals surface area contributed by atoms with Gasteiger partial charge in [0, 0.05) is 5.69 Å². The van der Waals surface area contributed by atoms with E-state index in [0.717, 1.165) is 30.4 Å². The van der Waals surface area contributed by atoms with Crippen molar-refractivity contribution in [3.8, 4) is 11.1 Å². The molecule has 1 amide bonds. The predicted molar refractivity (Wildman–Crippen MR) is 99.5 cm³/mol. The molecule has 1 saturated carbocycles. The van der Waals surface area contributed by atoms with E-state index in [0.29, 0.717) is 18.5 Å². The lowest BCUT2D eigenvalue weighted by Crippen LogP contribution is -2.42. The van der Waals surface area contributed by atoms with Crippen LogP contribution in [0, 0.1) is 0 Å². The van der Waals surface area contributed by atoms with Crippen LogP contribution in [0.25, 0.3) is 11.1 Å². The van der Waals surface area contributed by atoms with Crippen molar-refractivity contribution in [2.75, 3.05) is 11.9 Å². The second-order valence-electron chi connectivity index (χ2n) is 6.66. The van der Waals surface area contributed by atoms with E-state index in [1.807, 2.05) is 42.5 Å². The fraction of sp³-hybridized carbons (Fsp3) is 0.333. The molecule has 0 radical (unpaired) electrons. The van der Waals surface area contributed by atoms with Crippen molar-refractivity contribution in [1.29, 1.82) is 0 Å². The molecule has 1 aliphatic carbocycles. The highest BCUT2D eigenvalue weighted by atomic mass is 16.6. The molecule has 0 aromatic heterocycles. The zero-order chi connectivity index (χ0) is 18.4. The van der Waals surface area contributed by atoms with Gasteiger partial charge in [0.15, 0.2) is 12.2 Å². The molecule has 136 valence electrons. The van der Waals surface area contributed by atoms with Crippen LogP contribution >= 0.6 is 0 Å². The number of carbonyl (C=O) groups excluding carboxylic acids is 2. The number of carbonyl (C=O) groups is 2. The minimum Gasteiger partial charge on any atom is -0.453 e. The first-order valence-electron chi connectivity index (χ1n) is 8.92. The number of ether oxygens (including phenoxy) is 1. The van der Waals surface area contributed by atoms with Gasteiger partial charge in [-0.25, -0.2) is 4.79 Å². The maximum Gasteiger partial charge on any atom is 0.338 e. The number of hydrogen-bond donors (Lipinski definition) is 2. The molecule has 5 nitrogen and oxygen atoms in total. The summed E-state index contributed by atoms with van der Waals surface area (Å²) in [5.74, 6) is -1.13. The number of esters is 1. The van der Waals surface area contributed by atoms with Crippen molar-refractivity contribution in [3.63, 3.8) is 0 Å². The van der Waals surface area contributed by atoms with Gasteiger partial charge in [0.1, 0.15) is 0 Å². The van der Waals surface area contributed by atoms with Crippen molar-refractivity contribution < 1.29 is 19.4 Å². The first kappa shape index (κ1) is 18.1. The van der Waals surface area contributed by atoms with E-state index >= 15 is 0 Å². The normalized spacial score (nSPS) is 15.9. The Hall–Kier alpha value is -2.66. The highest BCUT2D eigenvalue weighted by Gasteiger charge is 2.38. The maximum absolute atomic E-state index is 12.0. The molecule has 5 heteroatoms. The van der Waals surface area contributed by atoms with Gasteiger partial charge in [0.05, 0.1) is 0 Å². The summed E-state index contributed by atoms with van der Waals surface area (Å²) in [5, 5.41) is 13.0. The second kappa shape index (κ2) is 8.15. The first-order valence-corrected chi connectivity index (χ1v) is 8.92. The lowest BCUT2D eigenvalue weighted by Gasteiger charge is -2.29. The zero-order valence-electron chi connectivity index (χ0n) is 14.6. The van der Waals surface area contributed by atoms with Gasteiger partial charge in [-0.3, -0.25) is 4.79 Å². The van der Waals surface area contributed by atoms with E-state index < -0.39 is 24.1 Å². The fourth-order valence-corrected chi connectivity index (χ4v) is 3.18. The Morgan fingerprint density at radius 1 is 0.923 bits per heavy atom.